The van der Waals surface area contributed by atoms with Gasteiger partial charge in [-0.15, -0.1) is 0 Å². The Balaban J connectivity index is 2.04. The van der Waals surface area contributed by atoms with Crippen LogP contribution in [0.4, 0.5) is 30.2 Å². The van der Waals surface area contributed by atoms with E-state index in [-0.39, 0.29) is 5.69 Å². The number of nitrogens with one attached hydrogen (secondary N) is 2. The monoisotopic (exact) mass is 292 g/mol. The van der Waals surface area contributed by atoms with Gasteiger partial charge in [0.2, 0.25) is 0 Å². The molecule has 0 atom stereocenters. The van der Waals surface area contributed by atoms with E-state index in [4.69, 9.17) is 5.73 Å². The lowest BCUT2D eigenvalue weighted by Gasteiger charge is -2.15. The fourth-order valence-electron chi connectivity index (χ4n) is 2.10. The number of para-hydroxylation sites is 1. The summed E-state index contributed by atoms with van der Waals surface area (Å²) in [7, 11) is 0. The molecular weight excluding hydrogens is 281 g/mol. The molecule has 0 spiro atoms. The average molecular weight is 292 g/mol. The quantitative estimate of drug-likeness (QED) is 0.627. The molecule has 0 saturated heterocycles. The van der Waals surface area contributed by atoms with Gasteiger partial charge in [-0.3, -0.25) is 5.10 Å². The van der Waals surface area contributed by atoms with E-state index in [1.165, 1.54) is 18.2 Å². The molecule has 1 aromatic heterocycles. The zero-order valence-corrected chi connectivity index (χ0v) is 10.7. The van der Waals surface area contributed by atoms with Crippen molar-refractivity contribution in [3.63, 3.8) is 0 Å². The summed E-state index contributed by atoms with van der Waals surface area (Å²) in [4.78, 5) is 0. The van der Waals surface area contributed by atoms with Crippen molar-refractivity contribution in [3.05, 3.63) is 48.2 Å². The van der Waals surface area contributed by atoms with Gasteiger partial charge in [0.1, 0.15) is 0 Å². The van der Waals surface area contributed by atoms with E-state index in [0.29, 0.717) is 16.9 Å². The normalized spacial score (nSPS) is 11.8. The second-order valence-electron chi connectivity index (χ2n) is 4.57. The summed E-state index contributed by atoms with van der Waals surface area (Å²) in [5.41, 5.74) is 6.51. The fourth-order valence-corrected chi connectivity index (χ4v) is 2.10. The molecule has 0 amide bonds. The molecule has 0 fully saturated rings. The van der Waals surface area contributed by atoms with E-state index in [0.717, 1.165) is 11.5 Å². The number of rotatable bonds is 2. The highest BCUT2D eigenvalue weighted by atomic mass is 19.4. The zero-order chi connectivity index (χ0) is 15.0. The van der Waals surface area contributed by atoms with Crippen LogP contribution in [0.5, 0.6) is 0 Å². The lowest BCUT2D eigenvalue weighted by atomic mass is 10.1. The SMILES string of the molecule is Nc1cc2cn[nH]c2cc1Nc1ccccc1C(F)(F)F. The predicted octanol–water partition coefficient (Wildman–Crippen LogP) is 3.91. The Labute approximate surface area is 117 Å². The Hall–Kier alpha value is -2.70. The molecule has 108 valence electrons. The maximum Gasteiger partial charge on any atom is 0.418 e. The third-order valence-electron chi connectivity index (χ3n) is 3.11. The topological polar surface area (TPSA) is 66.7 Å². The van der Waals surface area contributed by atoms with E-state index < -0.39 is 11.7 Å². The van der Waals surface area contributed by atoms with E-state index in [1.807, 2.05) is 0 Å². The lowest BCUT2D eigenvalue weighted by molar-refractivity contribution is -0.136. The number of benzene rings is 2. The Morgan fingerprint density at radius 3 is 2.62 bits per heavy atom. The van der Waals surface area contributed by atoms with Gasteiger partial charge in [0.05, 0.1) is 34.3 Å². The van der Waals surface area contributed by atoms with E-state index in [2.05, 4.69) is 15.5 Å². The first-order valence-electron chi connectivity index (χ1n) is 6.11. The van der Waals surface area contributed by atoms with Crippen molar-refractivity contribution >= 4 is 28.0 Å². The highest BCUT2D eigenvalue weighted by Crippen LogP contribution is 2.37. The van der Waals surface area contributed by atoms with Crippen LogP contribution in [0.3, 0.4) is 0 Å². The predicted molar refractivity (Wildman–Crippen MR) is 75.2 cm³/mol. The van der Waals surface area contributed by atoms with Crippen molar-refractivity contribution < 1.29 is 13.2 Å². The second-order valence-corrected chi connectivity index (χ2v) is 4.57. The summed E-state index contributed by atoms with van der Waals surface area (Å²) in [5, 5.41) is 10.1. The maximum absolute atomic E-state index is 13.0. The summed E-state index contributed by atoms with van der Waals surface area (Å²) in [6, 6.07) is 8.53. The van der Waals surface area contributed by atoms with Gasteiger partial charge >= 0.3 is 6.18 Å². The van der Waals surface area contributed by atoms with Crippen LogP contribution in [0.2, 0.25) is 0 Å². The molecule has 0 aliphatic carbocycles. The summed E-state index contributed by atoms with van der Waals surface area (Å²) in [6.45, 7) is 0. The molecule has 0 bridgehead atoms. The molecule has 4 N–H and O–H groups in total. The maximum atomic E-state index is 13.0. The molecule has 0 aliphatic rings. The number of anilines is 3. The number of H-pyrrole nitrogens is 1. The van der Waals surface area contributed by atoms with Crippen LogP contribution < -0.4 is 11.1 Å². The van der Waals surface area contributed by atoms with Crippen molar-refractivity contribution in [2.24, 2.45) is 0 Å². The first-order valence-corrected chi connectivity index (χ1v) is 6.11. The molecule has 0 aliphatic heterocycles. The van der Waals surface area contributed by atoms with Crippen LogP contribution >= 0.6 is 0 Å². The van der Waals surface area contributed by atoms with Crippen LogP contribution in [0.1, 0.15) is 5.56 Å². The molecule has 3 rings (SSSR count). The molecule has 0 saturated carbocycles. The standard InChI is InChI=1S/C14H11F3N4/c15-14(16,17)9-3-1-2-4-11(9)20-13-6-12-8(5-10(13)18)7-19-21-12/h1-7,20H,18H2,(H,19,21). The van der Waals surface area contributed by atoms with Gasteiger partial charge in [-0.05, 0) is 24.3 Å². The van der Waals surface area contributed by atoms with Crippen LogP contribution in [0.25, 0.3) is 10.9 Å². The number of hydrogen-bond acceptors (Lipinski definition) is 3. The Bertz CT molecular complexity index is 792. The van der Waals surface area contributed by atoms with Crippen molar-refractivity contribution in [3.8, 4) is 0 Å². The van der Waals surface area contributed by atoms with Gasteiger partial charge < -0.3 is 11.1 Å². The minimum Gasteiger partial charge on any atom is -0.397 e. The highest BCUT2D eigenvalue weighted by Gasteiger charge is 2.33. The molecule has 3 aromatic rings. The van der Waals surface area contributed by atoms with Gasteiger partial charge in [0, 0.05) is 5.39 Å². The summed E-state index contributed by atoms with van der Waals surface area (Å²) >= 11 is 0. The Morgan fingerprint density at radius 2 is 1.86 bits per heavy atom. The molecular formula is C14H11F3N4. The molecule has 0 unspecified atom stereocenters. The third kappa shape index (κ3) is 2.49. The minimum atomic E-state index is -4.43. The largest absolute Gasteiger partial charge is 0.418 e. The number of hydrogen-bond donors (Lipinski definition) is 3. The summed E-state index contributed by atoms with van der Waals surface area (Å²) in [5.74, 6) is 0. The minimum absolute atomic E-state index is 0.0458. The van der Waals surface area contributed by atoms with E-state index in [9.17, 15) is 13.2 Å². The molecule has 0 radical (unpaired) electrons. The van der Waals surface area contributed by atoms with Gasteiger partial charge in [-0.2, -0.15) is 18.3 Å². The lowest BCUT2D eigenvalue weighted by Crippen LogP contribution is -2.09. The van der Waals surface area contributed by atoms with Crippen molar-refractivity contribution in [1.82, 2.24) is 10.2 Å². The number of nitrogens with zero attached hydrogens (tertiary/aromatic N) is 1. The zero-order valence-electron chi connectivity index (χ0n) is 10.7. The number of nitrogens with two attached hydrogens (primary N) is 1. The second kappa shape index (κ2) is 4.69. The molecule has 2 aromatic carbocycles. The average Bonchev–Trinajstić information content (AvgIpc) is 2.85. The summed E-state index contributed by atoms with van der Waals surface area (Å²) < 4.78 is 38.9. The smallest absolute Gasteiger partial charge is 0.397 e. The van der Waals surface area contributed by atoms with Crippen LogP contribution in [-0.4, -0.2) is 10.2 Å². The van der Waals surface area contributed by atoms with Crippen LogP contribution in [0.15, 0.2) is 42.6 Å². The Morgan fingerprint density at radius 1 is 1.10 bits per heavy atom. The third-order valence-corrected chi connectivity index (χ3v) is 3.11. The Kier molecular flexibility index (Phi) is 2.97. The summed E-state index contributed by atoms with van der Waals surface area (Å²) in [6.07, 6.45) is -2.84. The number of halogens is 3. The van der Waals surface area contributed by atoms with Gasteiger partial charge in [-0.1, -0.05) is 12.1 Å². The fraction of sp³-hybridized carbons (Fsp3) is 0.0714. The van der Waals surface area contributed by atoms with Crippen LogP contribution in [0, 0.1) is 0 Å². The van der Waals surface area contributed by atoms with Crippen molar-refractivity contribution in [1.29, 1.82) is 0 Å². The van der Waals surface area contributed by atoms with Gasteiger partial charge in [0.15, 0.2) is 0 Å². The number of nitrogen functional groups attached to an aromatic ring is 1. The highest BCUT2D eigenvalue weighted by molar-refractivity contribution is 5.90. The number of aromatic amines is 1. The molecule has 4 nitrogen and oxygen atoms in total. The number of aromatic nitrogens is 2. The molecule has 7 heteroatoms. The van der Waals surface area contributed by atoms with E-state index in [1.54, 1.807) is 18.3 Å². The first kappa shape index (κ1) is 13.3. The van der Waals surface area contributed by atoms with Crippen molar-refractivity contribution in [2.45, 2.75) is 6.18 Å². The van der Waals surface area contributed by atoms with Crippen molar-refractivity contribution in [2.75, 3.05) is 11.1 Å². The number of fused-ring (bicyclic) bond motifs is 1. The van der Waals surface area contributed by atoms with E-state index >= 15 is 0 Å². The molecule has 21 heavy (non-hydrogen) atoms. The molecule has 1 heterocycles. The van der Waals surface area contributed by atoms with Crippen LogP contribution in [-0.2, 0) is 6.18 Å². The number of alkyl halides is 3. The first-order chi connectivity index (χ1) is 9.95. The van der Waals surface area contributed by atoms with Gasteiger partial charge in [0.25, 0.3) is 0 Å². The van der Waals surface area contributed by atoms with Gasteiger partial charge in [-0.25, -0.2) is 0 Å².